The molecule has 22 heavy (non-hydrogen) atoms. The van der Waals surface area contributed by atoms with Gasteiger partial charge in [-0.3, -0.25) is 4.79 Å². The zero-order valence-electron chi connectivity index (χ0n) is 15.0. The van der Waals surface area contributed by atoms with Crippen molar-refractivity contribution in [3.8, 4) is 0 Å². The molecule has 1 rings (SSSR count). The maximum absolute atomic E-state index is 11.7. The second kappa shape index (κ2) is 9.70. The number of guanidine groups is 1. The van der Waals surface area contributed by atoms with Gasteiger partial charge in [-0.1, -0.05) is 40.0 Å². The molecule has 128 valence electrons. The SMILES string of the molecule is CCC1CCCC(NC(=NCC(=O)N(C)C)NCC(C)C)C1. The predicted molar refractivity (Wildman–Crippen MR) is 93.0 cm³/mol. The van der Waals surface area contributed by atoms with E-state index in [1.807, 2.05) is 0 Å². The number of carbonyl (C=O) groups excluding carboxylic acids is 1. The van der Waals surface area contributed by atoms with Crippen LogP contribution in [-0.2, 0) is 4.79 Å². The summed E-state index contributed by atoms with van der Waals surface area (Å²) in [7, 11) is 3.53. The van der Waals surface area contributed by atoms with E-state index in [1.54, 1.807) is 19.0 Å². The first-order valence-electron chi connectivity index (χ1n) is 8.67. The van der Waals surface area contributed by atoms with Crippen LogP contribution in [0, 0.1) is 11.8 Å². The molecule has 2 atom stereocenters. The fourth-order valence-electron chi connectivity index (χ4n) is 2.73. The molecule has 0 bridgehead atoms. The van der Waals surface area contributed by atoms with E-state index in [4.69, 9.17) is 0 Å². The van der Waals surface area contributed by atoms with Crippen molar-refractivity contribution in [3.63, 3.8) is 0 Å². The van der Waals surface area contributed by atoms with Crippen LogP contribution in [0.5, 0.6) is 0 Å². The molecular formula is C17H34N4O. The maximum Gasteiger partial charge on any atom is 0.243 e. The molecule has 2 unspecified atom stereocenters. The Bertz CT molecular complexity index is 366. The molecule has 1 fully saturated rings. The number of carbonyl (C=O) groups is 1. The molecule has 0 aromatic carbocycles. The number of aliphatic imine (C=N–C) groups is 1. The van der Waals surface area contributed by atoms with Crippen LogP contribution in [0.25, 0.3) is 0 Å². The Morgan fingerprint density at radius 1 is 1.32 bits per heavy atom. The van der Waals surface area contributed by atoms with E-state index in [1.165, 1.54) is 32.1 Å². The fourth-order valence-corrected chi connectivity index (χ4v) is 2.73. The maximum atomic E-state index is 11.7. The fraction of sp³-hybridized carbons (Fsp3) is 0.882. The van der Waals surface area contributed by atoms with Crippen molar-refractivity contribution < 1.29 is 4.79 Å². The van der Waals surface area contributed by atoms with Crippen LogP contribution in [0.1, 0.15) is 52.9 Å². The zero-order chi connectivity index (χ0) is 16.5. The summed E-state index contributed by atoms with van der Waals surface area (Å²) in [5.41, 5.74) is 0. The number of nitrogens with zero attached hydrogens (tertiary/aromatic N) is 2. The minimum Gasteiger partial charge on any atom is -0.356 e. The number of amides is 1. The first-order valence-corrected chi connectivity index (χ1v) is 8.67. The van der Waals surface area contributed by atoms with Crippen molar-refractivity contribution in [1.29, 1.82) is 0 Å². The molecule has 1 amide bonds. The Hall–Kier alpha value is -1.26. The highest BCUT2D eigenvalue weighted by Gasteiger charge is 2.21. The lowest BCUT2D eigenvalue weighted by molar-refractivity contribution is -0.127. The number of likely N-dealkylation sites (N-methyl/N-ethyl adjacent to an activating group) is 1. The molecule has 1 saturated carbocycles. The van der Waals surface area contributed by atoms with Crippen molar-refractivity contribution in [2.75, 3.05) is 27.2 Å². The summed E-state index contributed by atoms with van der Waals surface area (Å²) in [6.45, 7) is 7.68. The van der Waals surface area contributed by atoms with Gasteiger partial charge in [-0.2, -0.15) is 0 Å². The Morgan fingerprint density at radius 3 is 2.64 bits per heavy atom. The van der Waals surface area contributed by atoms with E-state index in [0.29, 0.717) is 12.0 Å². The molecule has 0 aromatic rings. The smallest absolute Gasteiger partial charge is 0.243 e. The molecule has 1 aliphatic carbocycles. The molecule has 2 N–H and O–H groups in total. The van der Waals surface area contributed by atoms with Crippen molar-refractivity contribution in [1.82, 2.24) is 15.5 Å². The number of nitrogens with one attached hydrogen (secondary N) is 2. The molecule has 0 saturated heterocycles. The average Bonchev–Trinajstić information content (AvgIpc) is 2.49. The van der Waals surface area contributed by atoms with Gasteiger partial charge in [0.2, 0.25) is 5.91 Å². The quantitative estimate of drug-likeness (QED) is 0.584. The van der Waals surface area contributed by atoms with Gasteiger partial charge in [-0.15, -0.1) is 0 Å². The van der Waals surface area contributed by atoms with Gasteiger partial charge < -0.3 is 15.5 Å². The van der Waals surface area contributed by atoms with E-state index in [9.17, 15) is 4.79 Å². The number of rotatable bonds is 6. The molecule has 0 heterocycles. The van der Waals surface area contributed by atoms with E-state index in [-0.39, 0.29) is 12.5 Å². The Labute approximate surface area is 135 Å². The molecule has 0 aliphatic heterocycles. The summed E-state index contributed by atoms with van der Waals surface area (Å²) < 4.78 is 0. The standard InChI is InChI=1S/C17H34N4O/c1-6-14-8-7-9-15(10-14)20-17(18-11-13(2)3)19-12-16(22)21(4)5/h13-15H,6-12H2,1-5H3,(H2,18,19,20). The Morgan fingerprint density at radius 2 is 2.05 bits per heavy atom. The first-order chi connectivity index (χ1) is 10.4. The number of hydrogen-bond acceptors (Lipinski definition) is 2. The summed E-state index contributed by atoms with van der Waals surface area (Å²) in [6.07, 6.45) is 6.29. The topological polar surface area (TPSA) is 56.7 Å². The summed E-state index contributed by atoms with van der Waals surface area (Å²) in [6, 6.07) is 0.478. The largest absolute Gasteiger partial charge is 0.356 e. The van der Waals surface area contributed by atoms with E-state index < -0.39 is 0 Å². The highest BCUT2D eigenvalue weighted by molar-refractivity contribution is 5.84. The zero-order valence-corrected chi connectivity index (χ0v) is 15.0. The average molecular weight is 310 g/mol. The normalized spacial score (nSPS) is 22.5. The van der Waals surface area contributed by atoms with E-state index >= 15 is 0 Å². The summed E-state index contributed by atoms with van der Waals surface area (Å²) in [4.78, 5) is 17.8. The lowest BCUT2D eigenvalue weighted by Crippen LogP contribution is -2.46. The molecular weight excluding hydrogens is 276 g/mol. The lowest BCUT2D eigenvalue weighted by Gasteiger charge is -2.30. The molecule has 5 nitrogen and oxygen atoms in total. The van der Waals surface area contributed by atoms with Gasteiger partial charge in [0.05, 0.1) is 0 Å². The van der Waals surface area contributed by atoms with Crippen LogP contribution in [0.4, 0.5) is 0 Å². The lowest BCUT2D eigenvalue weighted by atomic mass is 9.84. The minimum atomic E-state index is 0.0284. The van der Waals surface area contributed by atoms with Gasteiger partial charge in [0.1, 0.15) is 6.54 Å². The Balaban J connectivity index is 2.60. The van der Waals surface area contributed by atoms with Crippen molar-refractivity contribution in [2.24, 2.45) is 16.8 Å². The molecule has 0 aromatic heterocycles. The van der Waals surface area contributed by atoms with Crippen LogP contribution in [0.15, 0.2) is 4.99 Å². The van der Waals surface area contributed by atoms with Crippen LogP contribution in [0.3, 0.4) is 0 Å². The van der Waals surface area contributed by atoms with Gasteiger partial charge >= 0.3 is 0 Å². The highest BCUT2D eigenvalue weighted by Crippen LogP contribution is 2.26. The van der Waals surface area contributed by atoms with Crippen LogP contribution in [-0.4, -0.2) is 50.0 Å². The summed E-state index contributed by atoms with van der Waals surface area (Å²) in [5, 5.41) is 6.90. The third-order valence-electron chi connectivity index (χ3n) is 4.25. The second-order valence-electron chi connectivity index (χ2n) is 7.01. The van der Waals surface area contributed by atoms with Gasteiger partial charge in [0.25, 0.3) is 0 Å². The van der Waals surface area contributed by atoms with Crippen molar-refractivity contribution in [3.05, 3.63) is 0 Å². The number of hydrogen-bond donors (Lipinski definition) is 2. The van der Waals surface area contributed by atoms with Gasteiger partial charge in [-0.25, -0.2) is 4.99 Å². The van der Waals surface area contributed by atoms with Crippen LogP contribution >= 0.6 is 0 Å². The van der Waals surface area contributed by atoms with Gasteiger partial charge in [-0.05, 0) is 24.7 Å². The minimum absolute atomic E-state index is 0.0284. The van der Waals surface area contributed by atoms with Gasteiger partial charge in [0, 0.05) is 26.7 Å². The van der Waals surface area contributed by atoms with E-state index in [0.717, 1.165) is 18.4 Å². The van der Waals surface area contributed by atoms with Gasteiger partial charge in [0.15, 0.2) is 5.96 Å². The van der Waals surface area contributed by atoms with Crippen LogP contribution in [0.2, 0.25) is 0 Å². The first kappa shape index (κ1) is 18.8. The summed E-state index contributed by atoms with van der Waals surface area (Å²) in [5.74, 6) is 2.18. The second-order valence-corrected chi connectivity index (χ2v) is 7.01. The Kier molecular flexibility index (Phi) is 8.28. The third kappa shape index (κ3) is 7.14. The highest BCUT2D eigenvalue weighted by atomic mass is 16.2. The molecule has 5 heteroatoms. The van der Waals surface area contributed by atoms with Crippen molar-refractivity contribution in [2.45, 2.75) is 58.9 Å². The molecule has 1 aliphatic rings. The van der Waals surface area contributed by atoms with Crippen LogP contribution < -0.4 is 10.6 Å². The molecule has 0 radical (unpaired) electrons. The monoisotopic (exact) mass is 310 g/mol. The van der Waals surface area contributed by atoms with Crippen molar-refractivity contribution >= 4 is 11.9 Å². The third-order valence-corrected chi connectivity index (χ3v) is 4.25. The molecule has 0 spiro atoms. The van der Waals surface area contributed by atoms with E-state index in [2.05, 4.69) is 36.4 Å². The predicted octanol–water partition coefficient (Wildman–Crippen LogP) is 2.23. The summed E-state index contributed by atoms with van der Waals surface area (Å²) >= 11 is 0.